The van der Waals surface area contributed by atoms with Crippen LogP contribution in [0.3, 0.4) is 0 Å². The first kappa shape index (κ1) is 23.6. The molecule has 0 radical (unpaired) electrons. The molecule has 4 rings (SSSR count). The topological polar surface area (TPSA) is 116 Å². The summed E-state index contributed by atoms with van der Waals surface area (Å²) in [4.78, 5) is 37.5. The average Bonchev–Trinajstić information content (AvgIpc) is 3.35. The number of amides is 2. The van der Waals surface area contributed by atoms with Gasteiger partial charge in [0.2, 0.25) is 12.3 Å². The van der Waals surface area contributed by atoms with Crippen molar-refractivity contribution in [2.75, 3.05) is 13.2 Å². The maximum absolute atomic E-state index is 13.1. The van der Waals surface area contributed by atoms with Gasteiger partial charge in [0.15, 0.2) is 0 Å². The molecule has 0 aromatic heterocycles. The van der Waals surface area contributed by atoms with Crippen molar-refractivity contribution in [3.8, 4) is 11.1 Å². The molecule has 3 atom stereocenters. The number of fused-ring (bicyclic) bond motifs is 3. The lowest BCUT2D eigenvalue weighted by Crippen LogP contribution is -2.52. The number of aliphatic hydroxyl groups is 1. The summed E-state index contributed by atoms with van der Waals surface area (Å²) >= 11 is 0. The molecule has 2 aromatic rings. The molecule has 1 unspecified atom stereocenters. The molecule has 34 heavy (non-hydrogen) atoms. The van der Waals surface area contributed by atoms with Gasteiger partial charge in [0, 0.05) is 25.3 Å². The fourth-order valence-corrected chi connectivity index (χ4v) is 4.67. The fourth-order valence-electron chi connectivity index (χ4n) is 4.67. The Morgan fingerprint density at radius 1 is 1.06 bits per heavy atom. The van der Waals surface area contributed by atoms with Crippen molar-refractivity contribution in [1.29, 1.82) is 0 Å². The Balaban J connectivity index is 1.45. The van der Waals surface area contributed by atoms with Gasteiger partial charge in [0.25, 0.3) is 0 Å². The van der Waals surface area contributed by atoms with Crippen LogP contribution in [-0.2, 0) is 14.3 Å². The lowest BCUT2D eigenvalue weighted by atomic mass is 9.98. The van der Waals surface area contributed by atoms with Crippen LogP contribution in [0.15, 0.2) is 48.5 Å². The molecule has 1 saturated heterocycles. The molecule has 2 amide bonds. The normalized spacial score (nSPS) is 20.1. The summed E-state index contributed by atoms with van der Waals surface area (Å²) in [6, 6.07) is 12.3. The highest BCUT2D eigenvalue weighted by atomic mass is 19.3. The molecule has 3 N–H and O–H groups in total. The van der Waals surface area contributed by atoms with Crippen molar-refractivity contribution in [3.05, 3.63) is 59.7 Å². The van der Waals surface area contributed by atoms with Crippen molar-refractivity contribution in [3.63, 3.8) is 0 Å². The molecule has 1 heterocycles. The number of carbonyl (C=O) groups is 3. The first-order valence-electron chi connectivity index (χ1n) is 10.9. The number of benzene rings is 2. The van der Waals surface area contributed by atoms with Gasteiger partial charge in [-0.2, -0.15) is 0 Å². The number of ether oxygens (including phenoxy) is 1. The largest absolute Gasteiger partial charge is 0.480 e. The van der Waals surface area contributed by atoms with Gasteiger partial charge in [0.05, 0.1) is 6.10 Å². The predicted molar refractivity (Wildman–Crippen MR) is 116 cm³/mol. The van der Waals surface area contributed by atoms with Gasteiger partial charge in [0.1, 0.15) is 18.7 Å². The molecular formula is C24H24F2N2O6. The Bertz CT molecular complexity index is 1050. The van der Waals surface area contributed by atoms with E-state index < -0.39 is 49.0 Å². The van der Waals surface area contributed by atoms with Gasteiger partial charge in [-0.3, -0.25) is 4.79 Å². The number of hydrogen-bond donors (Lipinski definition) is 3. The standard InChI is InChI=1S/C24H24F2N2O6/c25-21(26)10-19(22(30)28-11-13(29)9-20(28)23(31)32)27-24(33)34-12-18-16-7-3-1-5-14(16)15-6-2-4-8-17(15)18/h1-8,13,18-21,29H,9-12H2,(H,27,33)(H,31,32)/t13-,19?,20-/m1/s1. The third kappa shape index (κ3) is 4.72. The number of rotatable bonds is 7. The van der Waals surface area contributed by atoms with Crippen LogP contribution in [0, 0.1) is 0 Å². The summed E-state index contributed by atoms with van der Waals surface area (Å²) in [6.45, 7) is -0.391. The maximum atomic E-state index is 13.1. The van der Waals surface area contributed by atoms with Crippen LogP contribution in [0.5, 0.6) is 0 Å². The molecule has 2 aromatic carbocycles. The van der Waals surface area contributed by atoms with E-state index in [-0.39, 0.29) is 25.5 Å². The number of likely N-dealkylation sites (tertiary alicyclic amines) is 1. The highest BCUT2D eigenvalue weighted by Gasteiger charge is 2.42. The second kappa shape index (κ2) is 9.76. The van der Waals surface area contributed by atoms with Gasteiger partial charge in [-0.05, 0) is 22.3 Å². The van der Waals surface area contributed by atoms with Crippen molar-refractivity contribution < 1.29 is 38.1 Å². The summed E-state index contributed by atoms with van der Waals surface area (Å²) in [5.41, 5.74) is 3.97. The van der Waals surface area contributed by atoms with E-state index in [4.69, 9.17) is 4.74 Å². The number of aliphatic carboxylic acids is 1. The second-order valence-electron chi connectivity index (χ2n) is 8.38. The molecule has 1 aliphatic carbocycles. The first-order chi connectivity index (χ1) is 16.3. The van der Waals surface area contributed by atoms with Crippen LogP contribution in [-0.4, -0.2) is 70.8 Å². The highest BCUT2D eigenvalue weighted by Crippen LogP contribution is 2.44. The first-order valence-corrected chi connectivity index (χ1v) is 10.9. The minimum absolute atomic E-state index is 0.0738. The monoisotopic (exact) mass is 474 g/mol. The zero-order chi connectivity index (χ0) is 24.4. The van der Waals surface area contributed by atoms with E-state index in [2.05, 4.69) is 5.32 Å². The zero-order valence-electron chi connectivity index (χ0n) is 18.1. The van der Waals surface area contributed by atoms with E-state index in [1.54, 1.807) is 0 Å². The van der Waals surface area contributed by atoms with E-state index in [9.17, 15) is 33.4 Å². The molecule has 0 bridgehead atoms. The third-order valence-electron chi connectivity index (χ3n) is 6.19. The number of β-amino-alcohol motifs (C(OH)–C–C–N with tert-alkyl or cyclic N) is 1. The lowest BCUT2D eigenvalue weighted by Gasteiger charge is -2.27. The van der Waals surface area contributed by atoms with E-state index in [1.807, 2.05) is 48.5 Å². The summed E-state index contributed by atoms with van der Waals surface area (Å²) in [7, 11) is 0. The molecule has 180 valence electrons. The van der Waals surface area contributed by atoms with E-state index in [0.29, 0.717) is 0 Å². The van der Waals surface area contributed by atoms with Gasteiger partial charge < -0.3 is 25.2 Å². The smallest absolute Gasteiger partial charge is 0.407 e. The van der Waals surface area contributed by atoms with E-state index >= 15 is 0 Å². The summed E-state index contributed by atoms with van der Waals surface area (Å²) in [6.07, 6.45) is -6.31. The number of carbonyl (C=O) groups excluding carboxylic acids is 2. The molecule has 0 spiro atoms. The van der Waals surface area contributed by atoms with E-state index in [0.717, 1.165) is 27.2 Å². The molecule has 1 fully saturated rings. The van der Waals surface area contributed by atoms with Crippen LogP contribution in [0.4, 0.5) is 13.6 Å². The molecule has 1 aliphatic heterocycles. The molecular weight excluding hydrogens is 450 g/mol. The van der Waals surface area contributed by atoms with Crippen molar-refractivity contribution in [2.24, 2.45) is 0 Å². The van der Waals surface area contributed by atoms with Gasteiger partial charge in [-0.25, -0.2) is 18.4 Å². The van der Waals surface area contributed by atoms with Crippen molar-refractivity contribution in [2.45, 2.75) is 43.4 Å². The van der Waals surface area contributed by atoms with Crippen LogP contribution < -0.4 is 5.32 Å². The highest BCUT2D eigenvalue weighted by molar-refractivity contribution is 5.90. The number of nitrogens with zero attached hydrogens (tertiary/aromatic N) is 1. The van der Waals surface area contributed by atoms with Gasteiger partial charge >= 0.3 is 12.1 Å². The SMILES string of the molecule is O=C(NC(CC(F)F)C(=O)N1C[C@H](O)C[C@@H]1C(=O)O)OCC1c2ccccc2-c2ccccc21. The quantitative estimate of drug-likeness (QED) is 0.568. The summed E-state index contributed by atoms with van der Waals surface area (Å²) < 4.78 is 31.6. The number of carboxylic acid groups (broad SMARTS) is 1. The van der Waals surface area contributed by atoms with Crippen molar-refractivity contribution in [1.82, 2.24) is 10.2 Å². The Kier molecular flexibility index (Phi) is 6.78. The molecule has 0 saturated carbocycles. The lowest BCUT2D eigenvalue weighted by molar-refractivity contribution is -0.149. The minimum atomic E-state index is -2.93. The molecule has 10 heteroatoms. The number of nitrogens with one attached hydrogen (secondary N) is 1. The van der Waals surface area contributed by atoms with Gasteiger partial charge in [-0.15, -0.1) is 0 Å². The summed E-state index contributed by atoms with van der Waals surface area (Å²) in [5, 5.41) is 21.2. The fraction of sp³-hybridized carbons (Fsp3) is 0.375. The number of alkyl halides is 2. The van der Waals surface area contributed by atoms with Crippen LogP contribution in [0.1, 0.15) is 29.9 Å². The van der Waals surface area contributed by atoms with Crippen LogP contribution in [0.25, 0.3) is 11.1 Å². The Hall–Kier alpha value is -3.53. The maximum Gasteiger partial charge on any atom is 0.407 e. The van der Waals surface area contributed by atoms with Crippen LogP contribution >= 0.6 is 0 Å². The molecule has 8 nitrogen and oxygen atoms in total. The number of hydrogen-bond acceptors (Lipinski definition) is 5. The van der Waals surface area contributed by atoms with Crippen LogP contribution in [0.2, 0.25) is 0 Å². The average molecular weight is 474 g/mol. The molecule has 2 aliphatic rings. The van der Waals surface area contributed by atoms with Crippen molar-refractivity contribution >= 4 is 18.0 Å². The number of aliphatic hydroxyl groups excluding tert-OH is 1. The second-order valence-corrected chi connectivity index (χ2v) is 8.38. The number of halogens is 2. The predicted octanol–water partition coefficient (Wildman–Crippen LogP) is 2.60. The Morgan fingerprint density at radius 3 is 2.21 bits per heavy atom. The Labute approximate surface area is 194 Å². The zero-order valence-corrected chi connectivity index (χ0v) is 18.1. The number of carboxylic acids is 1. The third-order valence-corrected chi connectivity index (χ3v) is 6.19. The Morgan fingerprint density at radius 2 is 1.65 bits per heavy atom. The summed E-state index contributed by atoms with van der Waals surface area (Å²) in [5.74, 6) is -2.62. The minimum Gasteiger partial charge on any atom is -0.480 e. The van der Waals surface area contributed by atoms with Gasteiger partial charge in [-0.1, -0.05) is 48.5 Å². The number of alkyl carbamates (subject to hydrolysis) is 1. The van der Waals surface area contributed by atoms with E-state index in [1.165, 1.54) is 0 Å².